The van der Waals surface area contributed by atoms with Gasteiger partial charge in [0.15, 0.2) is 11.9 Å². The molecule has 0 bridgehead atoms. The summed E-state index contributed by atoms with van der Waals surface area (Å²) in [7, 11) is 0. The number of ketones is 1. The van der Waals surface area contributed by atoms with Crippen LogP contribution in [0.25, 0.3) is 0 Å². The van der Waals surface area contributed by atoms with E-state index in [1.807, 2.05) is 33.8 Å². The van der Waals surface area contributed by atoms with Crippen molar-refractivity contribution in [1.29, 1.82) is 0 Å². The van der Waals surface area contributed by atoms with E-state index in [0.717, 1.165) is 12.0 Å². The van der Waals surface area contributed by atoms with Crippen LogP contribution in [-0.4, -0.2) is 29.9 Å². The molecule has 2 rings (SSSR count). The molecule has 0 spiro atoms. The topological polar surface area (TPSA) is 69.7 Å². The lowest BCUT2D eigenvalue weighted by atomic mass is 9.65. The molecule has 0 aromatic carbocycles. The molecule has 0 N–H and O–H groups in total. The smallest absolute Gasteiger partial charge is 0.331 e. The Morgan fingerprint density at radius 3 is 2.32 bits per heavy atom. The summed E-state index contributed by atoms with van der Waals surface area (Å²) in [5.74, 6) is -1.26. The highest BCUT2D eigenvalue weighted by Crippen LogP contribution is 2.53. The number of hydrogen-bond acceptors (Lipinski definition) is 5. The van der Waals surface area contributed by atoms with Crippen molar-refractivity contribution in [2.75, 3.05) is 0 Å². The number of fused-ring (bicyclic) bond motifs is 1. The van der Waals surface area contributed by atoms with Gasteiger partial charge in [0.1, 0.15) is 6.10 Å². The van der Waals surface area contributed by atoms with Crippen LogP contribution in [0.3, 0.4) is 0 Å². The first kappa shape index (κ1) is 25.1. The summed E-state index contributed by atoms with van der Waals surface area (Å²) in [5, 5.41) is 0. The molecule has 2 fully saturated rings. The van der Waals surface area contributed by atoms with Crippen LogP contribution < -0.4 is 0 Å². The molecule has 0 aromatic heterocycles. The number of hydrogen-bond donors (Lipinski definition) is 0. The van der Waals surface area contributed by atoms with E-state index in [4.69, 9.17) is 9.47 Å². The van der Waals surface area contributed by atoms with Gasteiger partial charge in [-0.15, -0.1) is 0 Å². The average Bonchev–Trinajstić information content (AvgIpc) is 3.00. The van der Waals surface area contributed by atoms with Gasteiger partial charge in [-0.3, -0.25) is 9.59 Å². The SMILES string of the molecule is C=C1[C@@H]2[C@H](/C(=C\C)C(=O)[C@@H]2OC(=O)[C@@H](C)CC)[C@@H](C(C)C)C[C@@H]1OC(=O)/C=C(\C)CC. The van der Waals surface area contributed by atoms with Crippen molar-refractivity contribution in [3.05, 3.63) is 35.5 Å². The van der Waals surface area contributed by atoms with E-state index >= 15 is 0 Å². The molecule has 0 radical (unpaired) electrons. The molecule has 0 unspecified atom stereocenters. The molecule has 0 saturated heterocycles. The number of allylic oxidation sites excluding steroid dienone is 2. The third-order valence-corrected chi connectivity index (χ3v) is 7.01. The predicted octanol–water partition coefficient (Wildman–Crippen LogP) is 5.21. The summed E-state index contributed by atoms with van der Waals surface area (Å²) in [5.41, 5.74) is 2.32. The lowest BCUT2D eigenvalue weighted by molar-refractivity contribution is -0.160. The van der Waals surface area contributed by atoms with Crippen molar-refractivity contribution >= 4 is 17.7 Å². The highest BCUT2D eigenvalue weighted by molar-refractivity contribution is 6.03. The second-order valence-corrected chi connectivity index (χ2v) is 9.31. The van der Waals surface area contributed by atoms with Gasteiger partial charge in [-0.2, -0.15) is 0 Å². The molecule has 5 heteroatoms. The Morgan fingerprint density at radius 1 is 1.16 bits per heavy atom. The molecule has 2 saturated carbocycles. The molecule has 2 aliphatic carbocycles. The van der Waals surface area contributed by atoms with Crippen LogP contribution in [0.2, 0.25) is 0 Å². The zero-order chi connectivity index (χ0) is 23.5. The van der Waals surface area contributed by atoms with E-state index in [1.165, 1.54) is 6.08 Å². The lowest BCUT2D eigenvalue weighted by Gasteiger charge is -2.42. The van der Waals surface area contributed by atoms with Crippen LogP contribution in [-0.2, 0) is 23.9 Å². The average molecular weight is 431 g/mol. The van der Waals surface area contributed by atoms with Gasteiger partial charge in [0.25, 0.3) is 0 Å². The van der Waals surface area contributed by atoms with Crippen molar-refractivity contribution in [3.63, 3.8) is 0 Å². The molecule has 5 nitrogen and oxygen atoms in total. The van der Waals surface area contributed by atoms with E-state index in [-0.39, 0.29) is 41.3 Å². The Labute approximate surface area is 186 Å². The van der Waals surface area contributed by atoms with Crippen LogP contribution in [0.15, 0.2) is 35.5 Å². The third-order valence-electron chi connectivity index (χ3n) is 7.01. The molecule has 0 aliphatic heterocycles. The minimum absolute atomic E-state index is 0.0809. The van der Waals surface area contributed by atoms with Gasteiger partial charge < -0.3 is 9.47 Å². The van der Waals surface area contributed by atoms with Crippen LogP contribution in [0.1, 0.15) is 67.7 Å². The van der Waals surface area contributed by atoms with E-state index in [1.54, 1.807) is 6.92 Å². The number of Topliss-reactive ketones (excluding diaryl/α,β-unsaturated/α-hetero) is 1. The van der Waals surface area contributed by atoms with E-state index in [0.29, 0.717) is 24.0 Å². The lowest BCUT2D eigenvalue weighted by Crippen LogP contribution is -2.43. The van der Waals surface area contributed by atoms with Crippen molar-refractivity contribution < 1.29 is 23.9 Å². The van der Waals surface area contributed by atoms with Gasteiger partial charge in [0.05, 0.1) is 5.92 Å². The first-order chi connectivity index (χ1) is 14.6. The fraction of sp³-hybridized carbons (Fsp3) is 0.654. The number of carbonyl (C=O) groups is 3. The Hall–Kier alpha value is -2.17. The third kappa shape index (κ3) is 5.19. The summed E-state index contributed by atoms with van der Waals surface area (Å²) >= 11 is 0. The number of rotatable bonds is 7. The molecule has 0 amide bonds. The van der Waals surface area contributed by atoms with Crippen LogP contribution in [0.5, 0.6) is 0 Å². The maximum absolute atomic E-state index is 13.3. The van der Waals surface area contributed by atoms with Crippen LogP contribution >= 0.6 is 0 Å². The molecular weight excluding hydrogens is 392 g/mol. The van der Waals surface area contributed by atoms with E-state index < -0.39 is 18.2 Å². The molecule has 172 valence electrons. The van der Waals surface area contributed by atoms with Gasteiger partial charge in [0, 0.05) is 17.9 Å². The zero-order valence-electron chi connectivity index (χ0n) is 20.1. The number of esters is 2. The minimum atomic E-state index is -0.902. The second-order valence-electron chi connectivity index (χ2n) is 9.31. The summed E-state index contributed by atoms with van der Waals surface area (Å²) in [6, 6.07) is 0. The fourth-order valence-electron chi connectivity index (χ4n) is 4.71. The first-order valence-electron chi connectivity index (χ1n) is 11.5. The maximum atomic E-state index is 13.3. The predicted molar refractivity (Wildman–Crippen MR) is 121 cm³/mol. The molecule has 6 atom stereocenters. The van der Waals surface area contributed by atoms with Crippen molar-refractivity contribution in [3.8, 4) is 0 Å². The standard InChI is InChI=1S/C26H38O5/c1-9-15(6)12-21(27)30-20-13-19(14(4)5)23-18(11-3)24(28)25(22(23)17(20)8)31-26(29)16(7)10-2/h11-12,14,16,19-20,22-23,25H,8-10,13H2,1-7H3/b15-12+,18-11+/t16-,19+,20-,22+,23+,25+/m0/s1. The Morgan fingerprint density at radius 2 is 1.81 bits per heavy atom. The highest BCUT2D eigenvalue weighted by atomic mass is 16.6. The highest BCUT2D eigenvalue weighted by Gasteiger charge is 2.57. The summed E-state index contributed by atoms with van der Waals surface area (Å²) in [6.07, 6.45) is 3.98. The molecular formula is C26H38O5. The van der Waals surface area contributed by atoms with Gasteiger partial charge >= 0.3 is 11.9 Å². The Balaban J connectivity index is 2.41. The molecule has 2 aliphatic rings. The first-order valence-corrected chi connectivity index (χ1v) is 11.5. The quantitative estimate of drug-likeness (QED) is 0.315. The van der Waals surface area contributed by atoms with E-state index in [9.17, 15) is 14.4 Å². The second kappa shape index (κ2) is 10.4. The van der Waals surface area contributed by atoms with Crippen molar-refractivity contribution in [2.24, 2.45) is 29.6 Å². The molecule has 0 aromatic rings. The largest absolute Gasteiger partial charge is 0.455 e. The normalized spacial score (nSPS) is 31.0. The van der Waals surface area contributed by atoms with Gasteiger partial charge in [-0.1, -0.05) is 52.8 Å². The van der Waals surface area contributed by atoms with Gasteiger partial charge in [0.2, 0.25) is 0 Å². The summed E-state index contributed by atoms with van der Waals surface area (Å²) in [6.45, 7) is 17.9. The monoisotopic (exact) mass is 430 g/mol. The van der Waals surface area contributed by atoms with Gasteiger partial charge in [-0.25, -0.2) is 4.79 Å². The summed E-state index contributed by atoms with van der Waals surface area (Å²) in [4.78, 5) is 38.3. The van der Waals surface area contributed by atoms with Crippen molar-refractivity contribution in [1.82, 2.24) is 0 Å². The maximum Gasteiger partial charge on any atom is 0.331 e. The molecule has 31 heavy (non-hydrogen) atoms. The van der Waals surface area contributed by atoms with E-state index in [2.05, 4.69) is 20.4 Å². The fourth-order valence-corrected chi connectivity index (χ4v) is 4.71. The van der Waals surface area contributed by atoms with Crippen LogP contribution in [0, 0.1) is 29.6 Å². The van der Waals surface area contributed by atoms with Gasteiger partial charge in [-0.05, 0) is 56.1 Å². The number of ether oxygens (including phenoxy) is 2. The Bertz CT molecular complexity index is 788. The Kier molecular flexibility index (Phi) is 8.44. The zero-order valence-corrected chi connectivity index (χ0v) is 20.1. The molecule has 0 heterocycles. The minimum Gasteiger partial charge on any atom is -0.455 e. The number of carbonyl (C=O) groups excluding carboxylic acids is 3. The summed E-state index contributed by atoms with van der Waals surface area (Å²) < 4.78 is 11.6. The van der Waals surface area contributed by atoms with Crippen LogP contribution in [0.4, 0.5) is 0 Å². The van der Waals surface area contributed by atoms with Crippen molar-refractivity contribution in [2.45, 2.75) is 79.9 Å².